The van der Waals surface area contributed by atoms with Crippen LogP contribution in [0, 0.1) is 0 Å². The molecule has 0 aromatic heterocycles. The van der Waals surface area contributed by atoms with E-state index in [4.69, 9.17) is 0 Å². The van der Waals surface area contributed by atoms with Gasteiger partial charge in [-0.1, -0.05) is 13.6 Å². The van der Waals surface area contributed by atoms with Gasteiger partial charge >= 0.3 is 0 Å². The first-order valence-corrected chi connectivity index (χ1v) is 2.12. The molecule has 0 rings (SSSR count). The molecule has 0 atom stereocenters. The highest BCUT2D eigenvalue weighted by molar-refractivity contribution is 6.48. The zero-order valence-corrected chi connectivity index (χ0v) is 3.91. The van der Waals surface area contributed by atoms with Gasteiger partial charge in [-0.25, -0.2) is 0 Å². The Bertz CT molecular complexity index is 15.1. The lowest BCUT2D eigenvalue weighted by Crippen LogP contribution is -2.17. The average molecular weight is 68.7 g/mol. The van der Waals surface area contributed by atoms with Gasteiger partial charge in [0.25, 0.3) is 0 Å². The summed E-state index contributed by atoms with van der Waals surface area (Å²) in [5.41, 5.74) is 0. The largest absolute Gasteiger partial charge is 0.404 e. The van der Waals surface area contributed by atoms with Crippen molar-refractivity contribution in [3.8, 4) is 0 Å². The van der Waals surface area contributed by atoms with Crippen molar-refractivity contribution >= 4 is 14.8 Å². The Kier molecular flexibility index (Phi) is 4.16. The molecule has 0 aliphatic carbocycles. The van der Waals surface area contributed by atoms with Crippen molar-refractivity contribution in [1.82, 2.24) is 5.14 Å². The van der Waals surface area contributed by atoms with Gasteiger partial charge in [0.2, 0.25) is 0 Å². The second-order valence-corrected chi connectivity index (χ2v) is 0.957. The molecule has 0 aromatic carbocycles. The van der Waals surface area contributed by atoms with Gasteiger partial charge in [-0.3, -0.25) is 0 Å². The van der Waals surface area contributed by atoms with E-state index in [2.05, 4.69) is 18.8 Å². The Labute approximate surface area is 34.7 Å². The summed E-state index contributed by atoms with van der Waals surface area (Å²) in [6.45, 7) is 4.20. The van der Waals surface area contributed by atoms with Crippen LogP contribution >= 0.6 is 0 Å². The highest BCUT2D eigenvalue weighted by Crippen LogP contribution is 1.41. The highest BCUT2D eigenvalue weighted by atomic mass is 14.6. The first kappa shape index (κ1) is 5.09. The fourth-order valence-electron chi connectivity index (χ4n) is 0.250. The predicted octanol–water partition coefficient (Wildman–Crippen LogP) is -0.625. The fraction of sp³-hybridized carbons (Fsp3) is 1.00. The van der Waals surface area contributed by atoms with Crippen LogP contribution in [0.25, 0.3) is 0 Å². The van der Waals surface area contributed by atoms with Gasteiger partial charge in [0.05, 0.1) is 0 Å². The maximum atomic E-state index is 3.11. The Hall–Kier alpha value is 0.0899. The summed E-state index contributed by atoms with van der Waals surface area (Å²) in [7, 11) is 2.19. The predicted molar refractivity (Wildman–Crippen MR) is 29.2 cm³/mol. The minimum Gasteiger partial charge on any atom is -0.404 e. The van der Waals surface area contributed by atoms with Gasteiger partial charge in [-0.05, 0) is 0 Å². The van der Waals surface area contributed by atoms with E-state index >= 15 is 0 Å². The van der Waals surface area contributed by atoms with E-state index in [9.17, 15) is 0 Å². The van der Waals surface area contributed by atoms with Crippen LogP contribution < -0.4 is 5.14 Å². The van der Waals surface area contributed by atoms with E-state index in [1.807, 2.05) is 0 Å². The van der Waals surface area contributed by atoms with Gasteiger partial charge in [0, 0.05) is 0 Å². The Morgan fingerprint density at radius 2 is 1.60 bits per heavy atom. The summed E-state index contributed by atoms with van der Waals surface area (Å²) >= 11 is 0. The van der Waals surface area contributed by atoms with E-state index in [0.29, 0.717) is 0 Å². The number of hydrogen-bond donors (Lipinski definition) is 1. The minimum atomic E-state index is 1.09. The molecule has 1 N–H and O–H groups in total. The van der Waals surface area contributed by atoms with Crippen LogP contribution in [-0.4, -0.2) is 14.8 Å². The molecule has 0 aliphatic rings. The van der Waals surface area contributed by atoms with Crippen molar-refractivity contribution in [1.29, 1.82) is 0 Å². The van der Waals surface area contributed by atoms with Gasteiger partial charge in [0.1, 0.15) is 0 Å². The number of rotatable bonds is 2. The molecule has 5 heavy (non-hydrogen) atoms. The normalized spacial score (nSPS) is 6.80. The van der Waals surface area contributed by atoms with Gasteiger partial charge in [0.15, 0.2) is 14.8 Å². The maximum Gasteiger partial charge on any atom is 0.186 e. The molecule has 3 heteroatoms. The van der Waals surface area contributed by atoms with E-state index in [1.54, 1.807) is 0 Å². The summed E-state index contributed by atoms with van der Waals surface area (Å²) in [5, 5.41) is 3.11. The summed E-state index contributed by atoms with van der Waals surface area (Å²) < 4.78 is 0. The fourth-order valence-corrected chi connectivity index (χ4v) is 0.250. The molecule has 0 radical (unpaired) electrons. The molecule has 0 heterocycles. The Balaban J connectivity index is 2.19. The van der Waals surface area contributed by atoms with Gasteiger partial charge in [-0.2, -0.15) is 0 Å². The van der Waals surface area contributed by atoms with E-state index in [1.165, 1.54) is 0 Å². The van der Waals surface area contributed by atoms with Gasteiger partial charge in [-0.15, -0.1) is 0 Å². The Morgan fingerprint density at radius 3 is 1.60 bits per heavy atom. The molecule has 0 bridgehead atoms. The standard InChI is InChI=1S/C2H9B2N/c1-3-5-4-2/h3-5H,1-2H3. The van der Waals surface area contributed by atoms with E-state index < -0.39 is 0 Å². The smallest absolute Gasteiger partial charge is 0.186 e. The third-order valence-electron chi connectivity index (χ3n) is 0.500. The quantitative estimate of drug-likeness (QED) is 0.425. The lowest BCUT2D eigenvalue weighted by Gasteiger charge is -1.81. The molecule has 0 aliphatic heterocycles. The molecule has 1 nitrogen and oxygen atoms in total. The van der Waals surface area contributed by atoms with Crippen molar-refractivity contribution in [2.45, 2.75) is 13.6 Å². The first-order chi connectivity index (χ1) is 2.41. The number of hydrogen-bond acceptors (Lipinski definition) is 1. The van der Waals surface area contributed by atoms with Crippen LogP contribution in [0.3, 0.4) is 0 Å². The van der Waals surface area contributed by atoms with Crippen LogP contribution in [0.5, 0.6) is 0 Å². The second kappa shape index (κ2) is 4.09. The molecular formula is C2H9B2N. The summed E-state index contributed by atoms with van der Waals surface area (Å²) in [6, 6.07) is 0. The molecule has 0 fully saturated rings. The first-order valence-electron chi connectivity index (χ1n) is 2.12. The van der Waals surface area contributed by atoms with E-state index in [-0.39, 0.29) is 0 Å². The summed E-state index contributed by atoms with van der Waals surface area (Å²) in [6.07, 6.45) is 0. The maximum absolute atomic E-state index is 3.11. The summed E-state index contributed by atoms with van der Waals surface area (Å²) in [5.74, 6) is 0. The van der Waals surface area contributed by atoms with Crippen molar-refractivity contribution in [2.75, 3.05) is 0 Å². The molecule has 0 amide bonds. The molecule has 0 saturated carbocycles. The monoisotopic (exact) mass is 69.1 g/mol. The highest BCUT2D eigenvalue weighted by Gasteiger charge is 1.70. The SMILES string of the molecule is CBNBC. The molecule has 0 unspecified atom stereocenters. The van der Waals surface area contributed by atoms with E-state index in [0.717, 1.165) is 14.8 Å². The zero-order chi connectivity index (χ0) is 4.12. The molecule has 0 saturated heterocycles. The third kappa shape index (κ3) is 4.09. The van der Waals surface area contributed by atoms with Crippen molar-refractivity contribution in [2.24, 2.45) is 0 Å². The van der Waals surface area contributed by atoms with Crippen LogP contribution in [0.1, 0.15) is 0 Å². The molecular weight excluding hydrogens is 59.7 g/mol. The molecule has 28 valence electrons. The van der Waals surface area contributed by atoms with Gasteiger partial charge < -0.3 is 5.14 Å². The zero-order valence-electron chi connectivity index (χ0n) is 3.91. The van der Waals surface area contributed by atoms with Crippen molar-refractivity contribution in [3.05, 3.63) is 0 Å². The second-order valence-electron chi connectivity index (χ2n) is 0.957. The van der Waals surface area contributed by atoms with Crippen LogP contribution in [-0.2, 0) is 0 Å². The molecule has 0 spiro atoms. The topological polar surface area (TPSA) is 12.0 Å². The minimum absolute atomic E-state index is 1.09. The van der Waals surface area contributed by atoms with Crippen LogP contribution in [0.15, 0.2) is 0 Å². The Morgan fingerprint density at radius 1 is 1.20 bits per heavy atom. The van der Waals surface area contributed by atoms with Crippen LogP contribution in [0.4, 0.5) is 0 Å². The summed E-state index contributed by atoms with van der Waals surface area (Å²) in [4.78, 5) is 0. The van der Waals surface area contributed by atoms with Crippen molar-refractivity contribution < 1.29 is 0 Å². The number of nitrogens with one attached hydrogen (secondary N) is 1. The lowest BCUT2D eigenvalue weighted by atomic mass is 9.86. The molecule has 0 aromatic rings. The average Bonchev–Trinajstić information content (AvgIpc) is 1.41. The van der Waals surface area contributed by atoms with Crippen molar-refractivity contribution in [3.63, 3.8) is 0 Å². The lowest BCUT2D eigenvalue weighted by molar-refractivity contribution is 1.57. The third-order valence-corrected chi connectivity index (χ3v) is 0.500. The van der Waals surface area contributed by atoms with Crippen LogP contribution in [0.2, 0.25) is 13.6 Å².